The number of likely N-dealkylation sites (tertiary alicyclic amines) is 1. The van der Waals surface area contributed by atoms with Gasteiger partial charge in [-0.1, -0.05) is 6.92 Å². The van der Waals surface area contributed by atoms with Crippen molar-refractivity contribution in [2.75, 3.05) is 26.2 Å². The highest BCUT2D eigenvalue weighted by atomic mass is 19.4. The molecule has 0 aromatic carbocycles. The lowest BCUT2D eigenvalue weighted by atomic mass is 9.97. The zero-order valence-corrected chi connectivity index (χ0v) is 9.31. The van der Waals surface area contributed by atoms with Crippen molar-refractivity contribution in [1.82, 2.24) is 10.2 Å². The lowest BCUT2D eigenvalue weighted by Gasteiger charge is -2.32. The number of carbonyl (C=O) groups is 1. The van der Waals surface area contributed by atoms with E-state index in [1.54, 1.807) is 0 Å². The normalized spacial score (nSPS) is 18.9. The molecule has 1 fully saturated rings. The van der Waals surface area contributed by atoms with Gasteiger partial charge in [0.15, 0.2) is 0 Å². The van der Waals surface area contributed by atoms with Gasteiger partial charge in [0.05, 0.1) is 0 Å². The van der Waals surface area contributed by atoms with Crippen LogP contribution in [0.25, 0.3) is 0 Å². The van der Waals surface area contributed by atoms with Crippen LogP contribution in [0.1, 0.15) is 19.8 Å². The van der Waals surface area contributed by atoms with E-state index in [2.05, 4.69) is 5.32 Å². The van der Waals surface area contributed by atoms with Crippen LogP contribution in [0.15, 0.2) is 0 Å². The summed E-state index contributed by atoms with van der Waals surface area (Å²) in [5.41, 5.74) is 0. The van der Waals surface area contributed by atoms with Gasteiger partial charge in [0.2, 0.25) is 0 Å². The Bertz CT molecular complexity index is 235. The van der Waals surface area contributed by atoms with E-state index < -0.39 is 12.1 Å². The molecule has 0 saturated carbocycles. The van der Waals surface area contributed by atoms with Gasteiger partial charge in [0.1, 0.15) is 0 Å². The number of piperidine rings is 1. The highest BCUT2D eigenvalue weighted by Crippen LogP contribution is 2.23. The molecule has 0 atom stereocenters. The predicted molar refractivity (Wildman–Crippen MR) is 53.9 cm³/mol. The fraction of sp³-hybridized carbons (Fsp3) is 0.900. The molecule has 16 heavy (non-hydrogen) atoms. The van der Waals surface area contributed by atoms with Gasteiger partial charge >= 0.3 is 12.1 Å². The summed E-state index contributed by atoms with van der Waals surface area (Å²) >= 11 is 0. The third-order valence-corrected chi connectivity index (χ3v) is 2.83. The molecule has 0 spiro atoms. The van der Waals surface area contributed by atoms with Crippen molar-refractivity contribution < 1.29 is 18.0 Å². The molecule has 1 N–H and O–H groups in total. The molecule has 1 saturated heterocycles. The molecule has 1 rings (SSSR count). The summed E-state index contributed by atoms with van der Waals surface area (Å²) in [5, 5.41) is 3.17. The molecule has 0 aromatic heterocycles. The number of hydrogen-bond acceptors (Lipinski definition) is 2. The molecule has 0 aromatic rings. The Kier molecular flexibility index (Phi) is 4.58. The highest BCUT2D eigenvalue weighted by Gasteiger charge is 2.43. The number of hydrogen-bond donors (Lipinski definition) is 1. The van der Waals surface area contributed by atoms with Crippen molar-refractivity contribution in [1.29, 1.82) is 0 Å². The number of alkyl halides is 3. The monoisotopic (exact) mass is 238 g/mol. The second-order valence-electron chi connectivity index (χ2n) is 4.04. The molecular weight excluding hydrogens is 221 g/mol. The van der Waals surface area contributed by atoms with Crippen molar-refractivity contribution in [3.63, 3.8) is 0 Å². The van der Waals surface area contributed by atoms with E-state index in [1.807, 2.05) is 6.92 Å². The van der Waals surface area contributed by atoms with E-state index in [0.29, 0.717) is 18.8 Å². The van der Waals surface area contributed by atoms with Crippen LogP contribution in [0.4, 0.5) is 13.2 Å². The van der Waals surface area contributed by atoms with E-state index in [9.17, 15) is 18.0 Å². The number of carbonyl (C=O) groups excluding carboxylic acids is 1. The maximum Gasteiger partial charge on any atom is 0.471 e. The molecule has 0 radical (unpaired) electrons. The lowest BCUT2D eigenvalue weighted by molar-refractivity contribution is -0.186. The summed E-state index contributed by atoms with van der Waals surface area (Å²) < 4.78 is 36.4. The SMILES string of the molecule is CCNCC1CCN(C(=O)C(F)(F)F)CC1. The summed E-state index contributed by atoms with van der Waals surface area (Å²) in [6, 6.07) is 0. The van der Waals surface area contributed by atoms with Crippen molar-refractivity contribution in [3.05, 3.63) is 0 Å². The van der Waals surface area contributed by atoms with Gasteiger partial charge in [-0.25, -0.2) is 0 Å². The summed E-state index contributed by atoms with van der Waals surface area (Å²) in [6.07, 6.45) is -3.43. The maximum absolute atomic E-state index is 12.1. The quantitative estimate of drug-likeness (QED) is 0.806. The van der Waals surface area contributed by atoms with Crippen LogP contribution in [0, 0.1) is 5.92 Å². The Morgan fingerprint density at radius 2 is 1.94 bits per heavy atom. The Hall–Kier alpha value is -0.780. The summed E-state index contributed by atoms with van der Waals surface area (Å²) in [5.74, 6) is -1.31. The van der Waals surface area contributed by atoms with E-state index in [-0.39, 0.29) is 13.1 Å². The summed E-state index contributed by atoms with van der Waals surface area (Å²) in [7, 11) is 0. The molecule has 0 unspecified atom stereocenters. The van der Waals surface area contributed by atoms with Crippen LogP contribution in [-0.2, 0) is 4.79 Å². The fourth-order valence-electron chi connectivity index (χ4n) is 1.87. The largest absolute Gasteiger partial charge is 0.471 e. The molecule has 1 aliphatic rings. The topological polar surface area (TPSA) is 32.3 Å². The van der Waals surface area contributed by atoms with Crippen LogP contribution in [0.2, 0.25) is 0 Å². The van der Waals surface area contributed by atoms with Gasteiger partial charge in [-0.2, -0.15) is 13.2 Å². The molecule has 0 aliphatic carbocycles. The Balaban J connectivity index is 2.34. The molecule has 1 aliphatic heterocycles. The zero-order chi connectivity index (χ0) is 12.2. The Morgan fingerprint density at radius 3 is 2.38 bits per heavy atom. The van der Waals surface area contributed by atoms with Crippen molar-refractivity contribution in [3.8, 4) is 0 Å². The minimum atomic E-state index is -4.73. The smallest absolute Gasteiger partial charge is 0.335 e. The van der Waals surface area contributed by atoms with Gasteiger partial charge < -0.3 is 10.2 Å². The fourth-order valence-corrected chi connectivity index (χ4v) is 1.87. The van der Waals surface area contributed by atoms with Gasteiger partial charge in [0, 0.05) is 13.1 Å². The van der Waals surface area contributed by atoms with Gasteiger partial charge in [-0.15, -0.1) is 0 Å². The number of nitrogens with zero attached hydrogens (tertiary/aromatic N) is 1. The molecule has 94 valence electrons. The van der Waals surface area contributed by atoms with Crippen molar-refractivity contribution in [2.45, 2.75) is 25.9 Å². The minimum Gasteiger partial charge on any atom is -0.335 e. The van der Waals surface area contributed by atoms with Crippen molar-refractivity contribution >= 4 is 5.91 Å². The average molecular weight is 238 g/mol. The lowest BCUT2D eigenvalue weighted by Crippen LogP contribution is -2.46. The van der Waals surface area contributed by atoms with Gasteiger partial charge in [-0.05, 0) is 31.8 Å². The van der Waals surface area contributed by atoms with Crippen LogP contribution < -0.4 is 5.32 Å². The number of nitrogens with one attached hydrogen (secondary N) is 1. The summed E-state index contributed by atoms with van der Waals surface area (Å²) in [6.45, 7) is 4.11. The van der Waals surface area contributed by atoms with Gasteiger partial charge in [0.25, 0.3) is 0 Å². The first-order valence-electron chi connectivity index (χ1n) is 5.52. The molecule has 0 bridgehead atoms. The summed E-state index contributed by atoms with van der Waals surface area (Å²) in [4.78, 5) is 11.8. The zero-order valence-electron chi connectivity index (χ0n) is 9.31. The number of rotatable bonds is 3. The van der Waals surface area contributed by atoms with Crippen molar-refractivity contribution in [2.24, 2.45) is 5.92 Å². The average Bonchev–Trinajstić information content (AvgIpc) is 2.25. The highest BCUT2D eigenvalue weighted by molar-refractivity contribution is 5.81. The minimum absolute atomic E-state index is 0.217. The predicted octanol–water partition coefficient (Wildman–Crippen LogP) is 1.40. The molecule has 6 heteroatoms. The van der Waals surface area contributed by atoms with E-state index in [4.69, 9.17) is 0 Å². The van der Waals surface area contributed by atoms with E-state index >= 15 is 0 Å². The Labute approximate surface area is 93.0 Å². The van der Waals surface area contributed by atoms with Crippen LogP contribution in [-0.4, -0.2) is 43.2 Å². The van der Waals surface area contributed by atoms with E-state index in [0.717, 1.165) is 18.0 Å². The van der Waals surface area contributed by atoms with Crippen LogP contribution in [0.3, 0.4) is 0 Å². The standard InChI is InChI=1S/C10H17F3N2O/c1-2-14-7-8-3-5-15(6-4-8)9(16)10(11,12)13/h8,14H,2-7H2,1H3. The van der Waals surface area contributed by atoms with Crippen LogP contribution >= 0.6 is 0 Å². The van der Waals surface area contributed by atoms with Crippen LogP contribution in [0.5, 0.6) is 0 Å². The first kappa shape index (κ1) is 13.3. The van der Waals surface area contributed by atoms with E-state index in [1.165, 1.54) is 0 Å². The molecule has 1 heterocycles. The maximum atomic E-state index is 12.1. The first-order valence-corrected chi connectivity index (χ1v) is 5.52. The second-order valence-corrected chi connectivity index (χ2v) is 4.04. The molecular formula is C10H17F3N2O. The van der Waals surface area contributed by atoms with Gasteiger partial charge in [-0.3, -0.25) is 4.79 Å². The third kappa shape index (κ3) is 3.66. The number of amides is 1. The molecule has 1 amide bonds. The number of halogens is 3. The second kappa shape index (κ2) is 5.52. The molecule has 3 nitrogen and oxygen atoms in total. The third-order valence-electron chi connectivity index (χ3n) is 2.83. The first-order chi connectivity index (χ1) is 7.45. The Morgan fingerprint density at radius 1 is 1.38 bits per heavy atom.